The molecule has 1 aromatic rings. The van der Waals surface area contributed by atoms with Gasteiger partial charge in [-0.15, -0.1) is 10.2 Å². The second-order valence-electron chi connectivity index (χ2n) is 4.63. The Kier molecular flexibility index (Phi) is 5.53. The first-order valence-corrected chi connectivity index (χ1v) is 7.54. The van der Waals surface area contributed by atoms with E-state index in [-0.39, 0.29) is 5.91 Å². The van der Waals surface area contributed by atoms with Gasteiger partial charge in [0.25, 0.3) is 5.91 Å². The summed E-state index contributed by atoms with van der Waals surface area (Å²) in [5.74, 6) is 0.274. The summed E-state index contributed by atoms with van der Waals surface area (Å²) in [5.41, 5.74) is 0. The Morgan fingerprint density at radius 3 is 3.16 bits per heavy atom. The van der Waals surface area contributed by atoms with Gasteiger partial charge < -0.3 is 15.4 Å². The van der Waals surface area contributed by atoms with Crippen LogP contribution in [0.3, 0.4) is 0 Å². The van der Waals surface area contributed by atoms with E-state index < -0.39 is 0 Å². The molecule has 1 aromatic heterocycles. The Labute approximate surface area is 116 Å². The maximum Gasteiger partial charge on any atom is 0.282 e. The van der Waals surface area contributed by atoms with E-state index >= 15 is 0 Å². The van der Waals surface area contributed by atoms with Crippen molar-refractivity contribution in [2.75, 3.05) is 31.6 Å². The lowest BCUT2D eigenvalue weighted by Crippen LogP contribution is -2.33. The highest BCUT2D eigenvalue weighted by Crippen LogP contribution is 2.16. The van der Waals surface area contributed by atoms with E-state index in [9.17, 15) is 4.79 Å². The van der Waals surface area contributed by atoms with Crippen LogP contribution in [-0.4, -0.2) is 42.4 Å². The summed E-state index contributed by atoms with van der Waals surface area (Å²) in [7, 11) is 0. The summed E-state index contributed by atoms with van der Waals surface area (Å²) in [4.78, 5) is 11.9. The van der Waals surface area contributed by atoms with E-state index in [1.165, 1.54) is 11.3 Å². The van der Waals surface area contributed by atoms with Gasteiger partial charge in [0.1, 0.15) is 0 Å². The molecule has 19 heavy (non-hydrogen) atoms. The average molecular weight is 284 g/mol. The van der Waals surface area contributed by atoms with Crippen LogP contribution in [0.4, 0.5) is 5.13 Å². The van der Waals surface area contributed by atoms with Crippen LogP contribution in [0.25, 0.3) is 0 Å². The number of amides is 1. The van der Waals surface area contributed by atoms with Crippen LogP contribution in [0.2, 0.25) is 0 Å². The quantitative estimate of drug-likeness (QED) is 0.828. The summed E-state index contributed by atoms with van der Waals surface area (Å²) in [5, 5.41) is 15.0. The predicted molar refractivity (Wildman–Crippen MR) is 74.6 cm³/mol. The van der Waals surface area contributed by atoms with Crippen LogP contribution in [0.1, 0.15) is 36.0 Å². The highest BCUT2D eigenvalue weighted by atomic mass is 32.1. The monoisotopic (exact) mass is 284 g/mol. The Morgan fingerprint density at radius 1 is 1.53 bits per heavy atom. The van der Waals surface area contributed by atoms with Gasteiger partial charge in [-0.05, 0) is 25.2 Å². The molecule has 1 amide bonds. The highest BCUT2D eigenvalue weighted by Gasteiger charge is 2.17. The zero-order valence-electron chi connectivity index (χ0n) is 11.1. The Morgan fingerprint density at radius 2 is 2.42 bits per heavy atom. The molecule has 0 saturated carbocycles. The number of carbonyl (C=O) groups excluding carboxylic acids is 1. The molecule has 7 heteroatoms. The summed E-state index contributed by atoms with van der Waals surface area (Å²) in [6.07, 6.45) is 3.20. The van der Waals surface area contributed by atoms with Gasteiger partial charge in [-0.1, -0.05) is 18.3 Å². The van der Waals surface area contributed by atoms with Crippen molar-refractivity contribution in [3.8, 4) is 0 Å². The molecule has 0 aromatic carbocycles. The maximum atomic E-state index is 11.9. The summed E-state index contributed by atoms with van der Waals surface area (Å²) >= 11 is 1.29. The number of anilines is 1. The fourth-order valence-corrected chi connectivity index (χ4v) is 2.58. The molecule has 0 radical (unpaired) electrons. The number of carbonyl (C=O) groups is 1. The molecule has 0 spiro atoms. The van der Waals surface area contributed by atoms with E-state index in [2.05, 4.69) is 27.8 Å². The fraction of sp³-hybridized carbons (Fsp3) is 0.750. The van der Waals surface area contributed by atoms with Crippen molar-refractivity contribution in [3.05, 3.63) is 5.01 Å². The number of aromatic nitrogens is 2. The van der Waals surface area contributed by atoms with Crippen LogP contribution >= 0.6 is 11.3 Å². The largest absolute Gasteiger partial charge is 0.381 e. The molecule has 2 heterocycles. The third-order valence-corrected chi connectivity index (χ3v) is 3.83. The maximum absolute atomic E-state index is 11.9. The number of ether oxygens (including phenoxy) is 1. The second-order valence-corrected chi connectivity index (χ2v) is 5.61. The van der Waals surface area contributed by atoms with Gasteiger partial charge in [-0.25, -0.2) is 0 Å². The molecule has 2 rings (SSSR count). The third kappa shape index (κ3) is 4.43. The molecule has 1 unspecified atom stereocenters. The predicted octanol–water partition coefficient (Wildman–Crippen LogP) is 1.52. The molecular formula is C12H20N4O2S. The van der Waals surface area contributed by atoms with Crippen LogP contribution in [0.5, 0.6) is 0 Å². The molecular weight excluding hydrogens is 264 g/mol. The van der Waals surface area contributed by atoms with Gasteiger partial charge in [0.15, 0.2) is 0 Å². The fourth-order valence-electron chi connectivity index (χ4n) is 1.90. The van der Waals surface area contributed by atoms with Crippen molar-refractivity contribution in [1.82, 2.24) is 15.5 Å². The van der Waals surface area contributed by atoms with Crippen LogP contribution in [-0.2, 0) is 4.74 Å². The van der Waals surface area contributed by atoms with E-state index in [1.807, 2.05) is 0 Å². The standard InChI is InChI=1S/C12H20N4O2S/c1-2-5-13-12-16-15-11(19-12)10(17)14-7-9-4-3-6-18-8-9/h9H,2-8H2,1H3,(H,13,16)(H,14,17). The smallest absolute Gasteiger partial charge is 0.282 e. The minimum absolute atomic E-state index is 0.146. The molecule has 0 aliphatic carbocycles. The summed E-state index contributed by atoms with van der Waals surface area (Å²) < 4.78 is 5.38. The lowest BCUT2D eigenvalue weighted by Gasteiger charge is -2.21. The zero-order chi connectivity index (χ0) is 13.5. The molecule has 1 saturated heterocycles. The molecule has 1 aliphatic rings. The minimum Gasteiger partial charge on any atom is -0.381 e. The Hall–Kier alpha value is -1.21. The van der Waals surface area contributed by atoms with Gasteiger partial charge in [0, 0.05) is 19.7 Å². The normalized spacial score (nSPS) is 19.1. The number of hydrogen-bond acceptors (Lipinski definition) is 6. The van der Waals surface area contributed by atoms with Crippen LogP contribution < -0.4 is 10.6 Å². The molecule has 2 N–H and O–H groups in total. The van der Waals surface area contributed by atoms with Gasteiger partial charge in [0.2, 0.25) is 10.1 Å². The summed E-state index contributed by atoms with van der Waals surface area (Å²) in [6.45, 7) is 5.15. The lowest BCUT2D eigenvalue weighted by atomic mass is 10.0. The number of hydrogen-bond donors (Lipinski definition) is 2. The average Bonchev–Trinajstić information content (AvgIpc) is 2.92. The van der Waals surface area contributed by atoms with Crippen LogP contribution in [0, 0.1) is 5.92 Å². The first kappa shape index (κ1) is 14.2. The molecule has 1 aliphatic heterocycles. The van der Waals surface area contributed by atoms with Crippen molar-refractivity contribution < 1.29 is 9.53 Å². The first-order valence-electron chi connectivity index (χ1n) is 6.73. The van der Waals surface area contributed by atoms with Crippen molar-refractivity contribution in [2.24, 2.45) is 5.92 Å². The molecule has 106 valence electrons. The second kappa shape index (κ2) is 7.40. The van der Waals surface area contributed by atoms with E-state index in [1.54, 1.807) is 0 Å². The van der Waals surface area contributed by atoms with Gasteiger partial charge in [-0.3, -0.25) is 4.79 Å². The third-order valence-electron chi connectivity index (χ3n) is 2.95. The van der Waals surface area contributed by atoms with Gasteiger partial charge in [0.05, 0.1) is 6.61 Å². The number of nitrogens with one attached hydrogen (secondary N) is 2. The van der Waals surface area contributed by atoms with E-state index in [0.717, 1.165) is 39.0 Å². The molecule has 6 nitrogen and oxygen atoms in total. The Bertz CT molecular complexity index is 404. The molecule has 1 atom stereocenters. The van der Waals surface area contributed by atoms with Crippen molar-refractivity contribution in [1.29, 1.82) is 0 Å². The number of nitrogens with zero attached hydrogens (tertiary/aromatic N) is 2. The van der Waals surface area contributed by atoms with Crippen LogP contribution in [0.15, 0.2) is 0 Å². The van der Waals surface area contributed by atoms with Crippen molar-refractivity contribution in [2.45, 2.75) is 26.2 Å². The summed E-state index contributed by atoms with van der Waals surface area (Å²) in [6, 6.07) is 0. The SMILES string of the molecule is CCCNc1nnc(C(=O)NCC2CCCOC2)s1. The number of rotatable bonds is 6. The van der Waals surface area contributed by atoms with E-state index in [4.69, 9.17) is 4.74 Å². The van der Waals surface area contributed by atoms with Crippen molar-refractivity contribution >= 4 is 22.4 Å². The highest BCUT2D eigenvalue weighted by molar-refractivity contribution is 7.17. The lowest BCUT2D eigenvalue weighted by molar-refractivity contribution is 0.0536. The first-order chi connectivity index (χ1) is 9.29. The zero-order valence-corrected chi connectivity index (χ0v) is 12.0. The van der Waals surface area contributed by atoms with Crippen molar-refractivity contribution in [3.63, 3.8) is 0 Å². The van der Waals surface area contributed by atoms with Gasteiger partial charge in [-0.2, -0.15) is 0 Å². The minimum atomic E-state index is -0.146. The van der Waals surface area contributed by atoms with E-state index in [0.29, 0.717) is 22.6 Å². The Balaban J connectivity index is 1.77. The molecule has 1 fully saturated rings. The topological polar surface area (TPSA) is 76.1 Å². The molecule has 0 bridgehead atoms. The van der Waals surface area contributed by atoms with Gasteiger partial charge >= 0.3 is 0 Å².